The van der Waals surface area contributed by atoms with E-state index < -0.39 is 0 Å². The summed E-state index contributed by atoms with van der Waals surface area (Å²) in [5.41, 5.74) is 9.15. The molecule has 12 aromatic rings. The fourth-order valence-electron chi connectivity index (χ4n) is 10.1. The minimum Gasteiger partial charge on any atom is -0.455 e. The second kappa shape index (κ2) is 12.5. The van der Waals surface area contributed by atoms with Gasteiger partial charge in [-0.2, -0.15) is 0 Å². The van der Waals surface area contributed by atoms with Crippen LogP contribution in [-0.4, -0.2) is 0 Å². The van der Waals surface area contributed by atoms with E-state index in [-0.39, 0.29) is 0 Å². The average Bonchev–Trinajstić information content (AvgIpc) is 3.67. The number of hydrogen-bond donors (Lipinski definition) is 0. The van der Waals surface area contributed by atoms with Crippen molar-refractivity contribution >= 4 is 103 Å². The molecule has 0 atom stereocenters. The summed E-state index contributed by atoms with van der Waals surface area (Å²) >= 11 is 0. The Bertz CT molecular complexity index is 3710. The average molecular weight is 737 g/mol. The highest BCUT2D eigenvalue weighted by molar-refractivity contribution is 6.35. The maximum Gasteiger partial charge on any atom is 0.143 e. The van der Waals surface area contributed by atoms with Gasteiger partial charge in [-0.3, -0.25) is 0 Å². The van der Waals surface area contributed by atoms with Crippen molar-refractivity contribution in [3.05, 3.63) is 200 Å². The molecule has 0 unspecified atom stereocenters. The van der Waals surface area contributed by atoms with Crippen molar-refractivity contribution in [3.63, 3.8) is 0 Å². The molecule has 1 nitrogen and oxygen atoms in total. The first-order valence-electron chi connectivity index (χ1n) is 20.1. The van der Waals surface area contributed by atoms with Crippen LogP contribution in [0.25, 0.3) is 126 Å². The number of hydrogen-bond acceptors (Lipinski definition) is 1. The molecule has 0 spiro atoms. The van der Waals surface area contributed by atoms with Gasteiger partial charge in [0.25, 0.3) is 0 Å². The second-order valence-electron chi connectivity index (χ2n) is 15.5. The molecule has 0 radical (unpaired) electrons. The van der Waals surface area contributed by atoms with Gasteiger partial charge in [0, 0.05) is 16.2 Å². The summed E-state index contributed by atoms with van der Waals surface area (Å²) in [4.78, 5) is 0. The van der Waals surface area contributed by atoms with Crippen molar-refractivity contribution in [3.8, 4) is 22.3 Å². The van der Waals surface area contributed by atoms with E-state index in [0.717, 1.165) is 27.3 Å². The van der Waals surface area contributed by atoms with Gasteiger partial charge in [0.1, 0.15) is 11.2 Å². The van der Waals surface area contributed by atoms with Crippen molar-refractivity contribution in [1.82, 2.24) is 0 Å². The third kappa shape index (κ3) is 4.53. The molecule has 0 aliphatic rings. The summed E-state index contributed by atoms with van der Waals surface area (Å²) in [5.74, 6) is 0. The van der Waals surface area contributed by atoms with E-state index in [0.29, 0.717) is 0 Å². The van der Waals surface area contributed by atoms with Gasteiger partial charge < -0.3 is 4.42 Å². The molecule has 11 aromatic carbocycles. The van der Waals surface area contributed by atoms with E-state index >= 15 is 0 Å². The minimum atomic E-state index is 0.893. The van der Waals surface area contributed by atoms with E-state index in [1.165, 1.54) is 103 Å². The highest BCUT2D eigenvalue weighted by Crippen LogP contribution is 2.49. The highest BCUT2D eigenvalue weighted by atomic mass is 16.3. The highest BCUT2D eigenvalue weighted by Gasteiger charge is 2.22. The molecule has 1 aromatic heterocycles. The Morgan fingerprint density at radius 2 is 0.897 bits per heavy atom. The number of allylic oxidation sites excluding steroid dienone is 2. The first kappa shape index (κ1) is 32.7. The van der Waals surface area contributed by atoms with Gasteiger partial charge in [-0.05, 0) is 129 Å². The quantitative estimate of drug-likeness (QED) is 0.0996. The van der Waals surface area contributed by atoms with Gasteiger partial charge in [0.15, 0.2) is 0 Å². The molecule has 0 amide bonds. The van der Waals surface area contributed by atoms with Crippen LogP contribution < -0.4 is 0 Å². The molecular formula is C57H36O. The first-order chi connectivity index (χ1) is 28.7. The second-order valence-corrected chi connectivity index (χ2v) is 15.5. The monoisotopic (exact) mass is 736 g/mol. The van der Waals surface area contributed by atoms with Crippen LogP contribution in [0, 0.1) is 6.92 Å². The molecule has 0 aliphatic heterocycles. The molecule has 1 heterocycles. The maximum absolute atomic E-state index is 6.74. The van der Waals surface area contributed by atoms with E-state index in [1.54, 1.807) is 0 Å². The lowest BCUT2D eigenvalue weighted by Gasteiger charge is -2.20. The van der Waals surface area contributed by atoms with Crippen LogP contribution in [0.2, 0.25) is 0 Å². The number of aryl methyl sites for hydroxylation is 1. The maximum atomic E-state index is 6.74. The summed E-state index contributed by atoms with van der Waals surface area (Å²) in [5, 5.41) is 19.8. The van der Waals surface area contributed by atoms with Crippen LogP contribution in [0.5, 0.6) is 0 Å². The van der Waals surface area contributed by atoms with E-state index in [1.807, 2.05) is 12.2 Å². The van der Waals surface area contributed by atoms with E-state index in [4.69, 9.17) is 4.42 Å². The van der Waals surface area contributed by atoms with Gasteiger partial charge >= 0.3 is 0 Å². The smallest absolute Gasteiger partial charge is 0.143 e. The predicted octanol–water partition coefficient (Wildman–Crippen LogP) is 16.5. The molecule has 12 rings (SSSR count). The van der Waals surface area contributed by atoms with Crippen LogP contribution in [0.1, 0.15) is 11.1 Å². The van der Waals surface area contributed by atoms with Crippen LogP contribution in [0.15, 0.2) is 193 Å². The molecule has 0 aliphatic carbocycles. The zero-order valence-electron chi connectivity index (χ0n) is 32.0. The summed E-state index contributed by atoms with van der Waals surface area (Å²) in [7, 11) is 0. The fraction of sp³-hybridized carbons (Fsp3) is 0.0175. The third-order valence-corrected chi connectivity index (χ3v) is 12.6. The summed E-state index contributed by atoms with van der Waals surface area (Å²) in [6.45, 7) is 6.17. The topological polar surface area (TPSA) is 13.1 Å². The molecule has 0 fully saturated rings. The molecule has 0 saturated heterocycles. The number of fused-ring (bicyclic) bond motifs is 15. The third-order valence-electron chi connectivity index (χ3n) is 12.6. The zero-order chi connectivity index (χ0) is 38.5. The molecule has 0 saturated carbocycles. The number of benzene rings is 11. The van der Waals surface area contributed by atoms with E-state index in [2.05, 4.69) is 189 Å². The predicted molar refractivity (Wildman–Crippen MR) is 251 cm³/mol. The van der Waals surface area contributed by atoms with E-state index in [9.17, 15) is 0 Å². The van der Waals surface area contributed by atoms with Gasteiger partial charge in [0.2, 0.25) is 0 Å². The normalized spacial score (nSPS) is 12.2. The largest absolute Gasteiger partial charge is 0.455 e. The van der Waals surface area contributed by atoms with Crippen molar-refractivity contribution in [2.75, 3.05) is 0 Å². The Labute approximate surface area is 335 Å². The van der Waals surface area contributed by atoms with Crippen molar-refractivity contribution in [1.29, 1.82) is 0 Å². The molecule has 0 N–H and O–H groups in total. The molecule has 1 heteroatoms. The van der Waals surface area contributed by atoms with Gasteiger partial charge in [-0.15, -0.1) is 0 Å². The lowest BCUT2D eigenvalue weighted by molar-refractivity contribution is 0.672. The standard InChI is InChI=1S/C57H36O/c1-3-4-17-36-34(2)53-51-32-35(30-31-52(51)58-57(53)48-29-16-9-18-37(36)48)54-44-25-12-14-27-46(44)56(47-28-15-13-26-45(47)54)50-33-49-40-21-6-5-19-38(40)39-20-7-10-23-42(39)55(49)43-24-11-8-22-41(43)50/h3-33H,1H2,2H3/b17-4-. The SMILES string of the molecule is C=C/C=C\c1c(C)c2c3cc(-c4c5ccccc5c(-c5cc6c7ccccc7c7ccccc7c6c6ccccc56)c5ccccc45)ccc3oc2c2ccccc12. The lowest BCUT2D eigenvalue weighted by Crippen LogP contribution is -1.93. The van der Waals surface area contributed by atoms with Crippen molar-refractivity contribution < 1.29 is 4.42 Å². The van der Waals surface area contributed by atoms with Crippen molar-refractivity contribution in [2.45, 2.75) is 6.92 Å². The first-order valence-corrected chi connectivity index (χ1v) is 20.1. The van der Waals surface area contributed by atoms with Crippen LogP contribution in [0.3, 0.4) is 0 Å². The molecular weight excluding hydrogens is 701 g/mol. The van der Waals surface area contributed by atoms with Crippen LogP contribution in [-0.2, 0) is 0 Å². The molecule has 0 bridgehead atoms. The minimum absolute atomic E-state index is 0.893. The van der Waals surface area contributed by atoms with Gasteiger partial charge in [0.05, 0.1) is 0 Å². The lowest BCUT2D eigenvalue weighted by atomic mass is 9.82. The molecule has 270 valence electrons. The number of furan rings is 1. The number of rotatable bonds is 4. The Morgan fingerprint density at radius 1 is 0.414 bits per heavy atom. The van der Waals surface area contributed by atoms with Gasteiger partial charge in [-0.25, -0.2) is 0 Å². The van der Waals surface area contributed by atoms with Crippen molar-refractivity contribution in [2.24, 2.45) is 0 Å². The Morgan fingerprint density at radius 3 is 1.52 bits per heavy atom. The summed E-state index contributed by atoms with van der Waals surface area (Å²) in [6.07, 6.45) is 6.04. The molecule has 58 heavy (non-hydrogen) atoms. The van der Waals surface area contributed by atoms with Crippen LogP contribution >= 0.6 is 0 Å². The fourth-order valence-corrected chi connectivity index (χ4v) is 10.1. The van der Waals surface area contributed by atoms with Gasteiger partial charge in [-0.1, -0.05) is 176 Å². The zero-order valence-corrected chi connectivity index (χ0v) is 32.0. The Hall–Kier alpha value is -7.48. The summed E-state index contributed by atoms with van der Waals surface area (Å²) < 4.78 is 6.74. The Balaban J connectivity index is 1.19. The Kier molecular flexibility index (Phi) is 7.06. The summed E-state index contributed by atoms with van der Waals surface area (Å²) in [6, 6.07) is 62.6. The van der Waals surface area contributed by atoms with Crippen LogP contribution in [0.4, 0.5) is 0 Å².